The topological polar surface area (TPSA) is 78.7 Å². The third-order valence-corrected chi connectivity index (χ3v) is 3.76. The molecule has 1 atom stereocenters. The minimum Gasteiger partial charge on any atom is -0.372 e. The average Bonchev–Trinajstić information content (AvgIpc) is 2.61. The molecule has 1 unspecified atom stereocenters. The Morgan fingerprint density at radius 2 is 2.10 bits per heavy atom. The highest BCUT2D eigenvalue weighted by Crippen LogP contribution is 2.25. The van der Waals surface area contributed by atoms with Gasteiger partial charge in [0.05, 0.1) is 13.1 Å². The van der Waals surface area contributed by atoms with Gasteiger partial charge in [0.2, 0.25) is 11.8 Å². The summed E-state index contributed by atoms with van der Waals surface area (Å²) < 4.78 is 0. The predicted octanol–water partition coefficient (Wildman–Crippen LogP) is -0.0716. The minimum absolute atomic E-state index is 0.00768. The molecule has 0 saturated carbocycles. The van der Waals surface area contributed by atoms with E-state index in [2.05, 4.69) is 16.3 Å². The molecule has 1 aromatic carbocycles. The molecule has 114 valence electrons. The Bertz CT molecular complexity index is 532. The van der Waals surface area contributed by atoms with Gasteiger partial charge in [0.15, 0.2) is 0 Å². The lowest BCUT2D eigenvalue weighted by molar-refractivity contribution is -0.134. The molecule has 0 saturated heterocycles. The molecule has 0 spiro atoms. The van der Waals surface area contributed by atoms with Crippen molar-refractivity contribution in [1.29, 1.82) is 0 Å². The first kappa shape index (κ1) is 15.3. The molecule has 0 aromatic heterocycles. The maximum Gasteiger partial charge on any atom is 0.242 e. The smallest absolute Gasteiger partial charge is 0.242 e. The van der Waals surface area contributed by atoms with Crippen molar-refractivity contribution < 1.29 is 9.59 Å². The van der Waals surface area contributed by atoms with Crippen molar-refractivity contribution in [2.45, 2.75) is 19.5 Å². The summed E-state index contributed by atoms with van der Waals surface area (Å²) in [5.74, 6) is -0.405. The first-order valence-corrected chi connectivity index (χ1v) is 7.08. The number of nitrogens with one attached hydrogen (secondary N) is 1. The fourth-order valence-corrected chi connectivity index (χ4v) is 2.63. The lowest BCUT2D eigenvalue weighted by Crippen LogP contribution is -2.47. The molecular formula is C15H22N4O2. The van der Waals surface area contributed by atoms with Gasteiger partial charge in [0.25, 0.3) is 0 Å². The molecule has 1 heterocycles. The number of benzene rings is 1. The number of nitrogens with two attached hydrogens (primary N) is 1. The van der Waals surface area contributed by atoms with Crippen LogP contribution in [0.3, 0.4) is 0 Å². The van der Waals surface area contributed by atoms with E-state index in [1.807, 2.05) is 32.2 Å². The van der Waals surface area contributed by atoms with Crippen LogP contribution in [0.4, 0.5) is 5.69 Å². The van der Waals surface area contributed by atoms with Crippen molar-refractivity contribution in [2.75, 3.05) is 31.6 Å². The highest BCUT2D eigenvalue weighted by atomic mass is 16.2. The van der Waals surface area contributed by atoms with E-state index in [1.54, 1.807) is 4.90 Å². The highest BCUT2D eigenvalue weighted by molar-refractivity contribution is 5.85. The summed E-state index contributed by atoms with van der Waals surface area (Å²) in [5, 5.41) is 2.54. The summed E-state index contributed by atoms with van der Waals surface area (Å²) >= 11 is 0. The Hall–Kier alpha value is -2.08. The third kappa shape index (κ3) is 3.52. The zero-order chi connectivity index (χ0) is 15.4. The van der Waals surface area contributed by atoms with Crippen molar-refractivity contribution in [1.82, 2.24) is 10.2 Å². The van der Waals surface area contributed by atoms with Crippen LogP contribution in [0.25, 0.3) is 0 Å². The van der Waals surface area contributed by atoms with Crippen LogP contribution >= 0.6 is 0 Å². The van der Waals surface area contributed by atoms with E-state index in [-0.39, 0.29) is 30.9 Å². The Morgan fingerprint density at radius 1 is 1.38 bits per heavy atom. The maximum atomic E-state index is 12.4. The molecule has 1 aliphatic heterocycles. The number of carbonyl (C=O) groups is 2. The zero-order valence-electron chi connectivity index (χ0n) is 12.5. The number of anilines is 1. The van der Waals surface area contributed by atoms with Gasteiger partial charge in [-0.3, -0.25) is 9.59 Å². The quantitative estimate of drug-likeness (QED) is 0.817. The summed E-state index contributed by atoms with van der Waals surface area (Å²) in [6.07, 6.45) is 0. The van der Waals surface area contributed by atoms with Crippen molar-refractivity contribution >= 4 is 17.5 Å². The summed E-state index contributed by atoms with van der Waals surface area (Å²) in [7, 11) is 2.03. The van der Waals surface area contributed by atoms with Crippen molar-refractivity contribution in [3.05, 3.63) is 29.8 Å². The number of nitrogens with zero attached hydrogens (tertiary/aromatic N) is 2. The molecule has 1 aromatic rings. The highest BCUT2D eigenvalue weighted by Gasteiger charge is 2.26. The molecule has 21 heavy (non-hydrogen) atoms. The van der Waals surface area contributed by atoms with Crippen LogP contribution in [0.5, 0.6) is 0 Å². The molecular weight excluding hydrogens is 268 g/mol. The van der Waals surface area contributed by atoms with Gasteiger partial charge in [0, 0.05) is 31.9 Å². The number of para-hydroxylation sites is 1. The van der Waals surface area contributed by atoms with E-state index in [9.17, 15) is 9.59 Å². The van der Waals surface area contributed by atoms with Crippen molar-refractivity contribution in [3.63, 3.8) is 0 Å². The van der Waals surface area contributed by atoms with E-state index < -0.39 is 0 Å². The van der Waals surface area contributed by atoms with E-state index >= 15 is 0 Å². The Balaban J connectivity index is 2.13. The van der Waals surface area contributed by atoms with E-state index in [4.69, 9.17) is 5.73 Å². The van der Waals surface area contributed by atoms with E-state index in [1.165, 1.54) is 0 Å². The molecule has 0 fully saturated rings. The van der Waals surface area contributed by atoms with Crippen LogP contribution in [0, 0.1) is 0 Å². The van der Waals surface area contributed by atoms with Crippen molar-refractivity contribution in [3.8, 4) is 0 Å². The second-order valence-electron chi connectivity index (χ2n) is 5.36. The van der Waals surface area contributed by atoms with Crippen LogP contribution in [0.2, 0.25) is 0 Å². The van der Waals surface area contributed by atoms with Gasteiger partial charge in [-0.15, -0.1) is 0 Å². The van der Waals surface area contributed by atoms with Gasteiger partial charge < -0.3 is 20.9 Å². The number of rotatable bonds is 3. The van der Waals surface area contributed by atoms with Gasteiger partial charge in [-0.1, -0.05) is 18.2 Å². The monoisotopic (exact) mass is 290 g/mol. The number of hydrogen-bond acceptors (Lipinski definition) is 4. The third-order valence-electron chi connectivity index (χ3n) is 3.76. The molecule has 6 heteroatoms. The maximum absolute atomic E-state index is 12.4. The average molecular weight is 290 g/mol. The molecule has 0 bridgehead atoms. The zero-order valence-corrected chi connectivity index (χ0v) is 12.5. The van der Waals surface area contributed by atoms with Crippen LogP contribution in [0.1, 0.15) is 12.5 Å². The van der Waals surface area contributed by atoms with Gasteiger partial charge in [-0.05, 0) is 18.6 Å². The fourth-order valence-electron chi connectivity index (χ4n) is 2.63. The molecule has 2 amide bonds. The molecule has 0 aliphatic carbocycles. The number of fused-ring (bicyclic) bond motifs is 1. The molecule has 6 nitrogen and oxygen atoms in total. The fraction of sp³-hybridized carbons (Fsp3) is 0.467. The lowest BCUT2D eigenvalue weighted by atomic mass is 10.1. The molecule has 0 radical (unpaired) electrons. The van der Waals surface area contributed by atoms with Crippen molar-refractivity contribution in [2.24, 2.45) is 5.73 Å². The van der Waals surface area contributed by atoms with E-state index in [0.29, 0.717) is 6.54 Å². The Kier molecular flexibility index (Phi) is 4.80. The molecule has 2 rings (SSSR count). The Morgan fingerprint density at radius 3 is 2.81 bits per heavy atom. The first-order chi connectivity index (χ1) is 10.0. The summed E-state index contributed by atoms with van der Waals surface area (Å²) in [6, 6.07) is 8.14. The summed E-state index contributed by atoms with van der Waals surface area (Å²) in [4.78, 5) is 27.5. The predicted molar refractivity (Wildman–Crippen MR) is 81.8 cm³/mol. The number of carbonyl (C=O) groups excluding carboxylic acids is 2. The first-order valence-electron chi connectivity index (χ1n) is 7.08. The summed E-state index contributed by atoms with van der Waals surface area (Å²) in [6.45, 7) is 3.22. The Labute approximate surface area is 124 Å². The summed E-state index contributed by atoms with van der Waals surface area (Å²) in [5.41, 5.74) is 7.48. The number of likely N-dealkylation sites (N-methyl/N-ethyl adjacent to an activating group) is 1. The second-order valence-corrected chi connectivity index (χ2v) is 5.36. The van der Waals surface area contributed by atoms with Gasteiger partial charge in [-0.25, -0.2) is 0 Å². The SMILES string of the molecule is CC1CN(C)c2ccccc2CN1C(=O)CNC(=O)CN. The molecule has 1 aliphatic rings. The van der Waals surface area contributed by atoms with Crippen LogP contribution < -0.4 is 16.0 Å². The van der Waals surface area contributed by atoms with E-state index in [0.717, 1.165) is 17.8 Å². The van der Waals surface area contributed by atoms with Crippen LogP contribution in [-0.4, -0.2) is 49.4 Å². The minimum atomic E-state index is -0.316. The van der Waals surface area contributed by atoms with Gasteiger partial charge in [-0.2, -0.15) is 0 Å². The van der Waals surface area contributed by atoms with Gasteiger partial charge >= 0.3 is 0 Å². The largest absolute Gasteiger partial charge is 0.372 e. The normalized spacial score (nSPS) is 18.0. The van der Waals surface area contributed by atoms with Crippen LogP contribution in [-0.2, 0) is 16.1 Å². The van der Waals surface area contributed by atoms with Crippen LogP contribution in [0.15, 0.2) is 24.3 Å². The number of amides is 2. The number of hydrogen-bond donors (Lipinski definition) is 2. The second kappa shape index (κ2) is 6.58. The van der Waals surface area contributed by atoms with Gasteiger partial charge in [0.1, 0.15) is 0 Å². The molecule has 3 N–H and O–H groups in total. The standard InChI is InChI=1S/C15H22N4O2/c1-11-9-18(2)13-6-4-3-5-12(13)10-19(11)15(21)8-17-14(20)7-16/h3-6,11H,7-10,16H2,1-2H3,(H,17,20). The lowest BCUT2D eigenvalue weighted by Gasteiger charge is -2.28.